The maximum Gasteiger partial charge on any atom is 0.320 e. The number of hydrogen-bond acceptors (Lipinski definition) is 3. The van der Waals surface area contributed by atoms with Gasteiger partial charge in [0.25, 0.3) is 0 Å². The second-order valence-corrected chi connectivity index (χ2v) is 4.15. The Bertz CT molecular complexity index is 423. The molecule has 0 N–H and O–H groups in total. The molecule has 0 aliphatic heterocycles. The molecule has 0 radical (unpaired) electrons. The van der Waals surface area contributed by atoms with Gasteiger partial charge in [-0.05, 0) is 25.5 Å². The van der Waals surface area contributed by atoms with Crippen molar-refractivity contribution in [2.24, 2.45) is 0 Å². The minimum absolute atomic E-state index is 0.0240. The van der Waals surface area contributed by atoms with Crippen molar-refractivity contribution in [3.63, 3.8) is 0 Å². The fourth-order valence-electron chi connectivity index (χ4n) is 1.83. The first-order valence-corrected chi connectivity index (χ1v) is 6.52. The fourth-order valence-corrected chi connectivity index (χ4v) is 1.83. The molecule has 0 atom stereocenters. The Hall–Kier alpha value is -2.09. The monoisotopic (exact) mass is 260 g/mol. The number of amides is 2. The molecule has 19 heavy (non-hydrogen) atoms. The zero-order chi connectivity index (χ0) is 14.1. The lowest BCUT2D eigenvalue weighted by Crippen LogP contribution is -2.43. The minimum Gasteiger partial charge on any atom is -0.325 e. The van der Waals surface area contributed by atoms with Crippen LogP contribution in [0.4, 0.5) is 4.79 Å². The van der Waals surface area contributed by atoms with Crippen LogP contribution in [0.5, 0.6) is 0 Å². The van der Waals surface area contributed by atoms with Gasteiger partial charge < -0.3 is 9.80 Å². The highest BCUT2D eigenvalue weighted by Crippen LogP contribution is 2.07. The predicted octanol–water partition coefficient (Wildman–Crippen LogP) is 2.26. The molecule has 0 saturated carbocycles. The molecular weight excluding hydrogens is 240 g/mol. The van der Waals surface area contributed by atoms with E-state index in [-0.39, 0.29) is 6.03 Å². The predicted molar refractivity (Wildman–Crippen MR) is 73.2 cm³/mol. The van der Waals surface area contributed by atoms with E-state index in [9.17, 15) is 4.79 Å². The summed E-state index contributed by atoms with van der Waals surface area (Å²) in [6.45, 7) is 6.18. The van der Waals surface area contributed by atoms with E-state index in [2.05, 4.69) is 11.1 Å². The van der Waals surface area contributed by atoms with Gasteiger partial charge in [0.1, 0.15) is 0 Å². The molecule has 5 heteroatoms. The van der Waals surface area contributed by atoms with Crippen LogP contribution < -0.4 is 0 Å². The van der Waals surface area contributed by atoms with Gasteiger partial charge in [-0.3, -0.25) is 4.98 Å². The number of hydrogen-bond donors (Lipinski definition) is 0. The average molecular weight is 260 g/mol. The van der Waals surface area contributed by atoms with Crippen molar-refractivity contribution in [2.45, 2.75) is 26.8 Å². The summed E-state index contributed by atoms with van der Waals surface area (Å²) in [6, 6.07) is 5.84. The zero-order valence-electron chi connectivity index (χ0n) is 11.5. The third-order valence-corrected chi connectivity index (χ3v) is 2.89. The zero-order valence-corrected chi connectivity index (χ0v) is 11.5. The Morgan fingerprint density at radius 1 is 1.37 bits per heavy atom. The van der Waals surface area contributed by atoms with Crippen molar-refractivity contribution in [3.05, 3.63) is 30.1 Å². The van der Waals surface area contributed by atoms with Gasteiger partial charge in [-0.25, -0.2) is 4.79 Å². The lowest BCUT2D eigenvalue weighted by molar-refractivity contribution is 0.155. The van der Waals surface area contributed by atoms with E-state index in [1.807, 2.05) is 26.0 Å². The molecule has 0 unspecified atom stereocenters. The van der Waals surface area contributed by atoms with E-state index in [0.29, 0.717) is 32.6 Å². The molecular formula is C14H20N4O. The first-order valence-electron chi connectivity index (χ1n) is 6.52. The molecule has 2 amide bonds. The lowest BCUT2D eigenvalue weighted by atomic mass is 10.2. The molecule has 0 aliphatic carbocycles. The first-order chi connectivity index (χ1) is 9.22. The van der Waals surface area contributed by atoms with Crippen molar-refractivity contribution < 1.29 is 4.79 Å². The molecule has 5 nitrogen and oxygen atoms in total. The molecule has 1 rings (SSSR count). The molecule has 0 saturated heterocycles. The number of urea groups is 1. The maximum atomic E-state index is 12.3. The standard InChI is InChI=1S/C14H20N4O/c1-3-17(4-2)14(19)18(10-6-8-15)12-13-7-5-9-16-11-13/h5,7,9,11H,3-4,6,10,12H2,1-2H3. The highest BCUT2D eigenvalue weighted by Gasteiger charge is 2.18. The second-order valence-electron chi connectivity index (χ2n) is 4.15. The third kappa shape index (κ3) is 4.59. The van der Waals surface area contributed by atoms with Crippen LogP contribution in [-0.2, 0) is 6.54 Å². The summed E-state index contributed by atoms with van der Waals surface area (Å²) in [6.07, 6.45) is 3.79. The van der Waals surface area contributed by atoms with E-state index < -0.39 is 0 Å². The molecule has 102 valence electrons. The number of pyridine rings is 1. The van der Waals surface area contributed by atoms with E-state index >= 15 is 0 Å². The smallest absolute Gasteiger partial charge is 0.320 e. The quantitative estimate of drug-likeness (QED) is 0.788. The van der Waals surface area contributed by atoms with Gasteiger partial charge in [-0.15, -0.1) is 0 Å². The van der Waals surface area contributed by atoms with Gasteiger partial charge in [0.15, 0.2) is 0 Å². The second kappa shape index (κ2) is 8.09. The highest BCUT2D eigenvalue weighted by atomic mass is 16.2. The maximum absolute atomic E-state index is 12.3. The Morgan fingerprint density at radius 2 is 2.11 bits per heavy atom. The minimum atomic E-state index is -0.0240. The van der Waals surface area contributed by atoms with Gasteiger partial charge in [0, 0.05) is 38.6 Å². The van der Waals surface area contributed by atoms with Crippen molar-refractivity contribution in [3.8, 4) is 6.07 Å². The van der Waals surface area contributed by atoms with Crippen LogP contribution >= 0.6 is 0 Å². The number of aromatic nitrogens is 1. The van der Waals surface area contributed by atoms with Crippen LogP contribution in [0, 0.1) is 11.3 Å². The molecule has 0 fully saturated rings. The Morgan fingerprint density at radius 3 is 2.63 bits per heavy atom. The van der Waals surface area contributed by atoms with Gasteiger partial charge in [-0.2, -0.15) is 5.26 Å². The number of nitriles is 1. The van der Waals surface area contributed by atoms with Crippen LogP contribution in [0.2, 0.25) is 0 Å². The molecule has 1 aromatic heterocycles. The number of carbonyl (C=O) groups excluding carboxylic acids is 1. The summed E-state index contributed by atoms with van der Waals surface area (Å²) >= 11 is 0. The van der Waals surface area contributed by atoms with Crippen LogP contribution in [0.1, 0.15) is 25.8 Å². The van der Waals surface area contributed by atoms with E-state index in [0.717, 1.165) is 5.56 Å². The van der Waals surface area contributed by atoms with E-state index in [1.165, 1.54) is 0 Å². The topological polar surface area (TPSA) is 60.2 Å². The normalized spacial score (nSPS) is 9.74. The summed E-state index contributed by atoms with van der Waals surface area (Å²) in [7, 11) is 0. The van der Waals surface area contributed by atoms with Crippen LogP contribution in [0.3, 0.4) is 0 Å². The SMILES string of the molecule is CCN(CC)C(=O)N(CCC#N)Cc1cccnc1. The van der Waals surface area contributed by atoms with Crippen molar-refractivity contribution in [2.75, 3.05) is 19.6 Å². The van der Waals surface area contributed by atoms with Crippen LogP contribution in [-0.4, -0.2) is 40.4 Å². The van der Waals surface area contributed by atoms with E-state index in [1.54, 1.807) is 22.2 Å². The first kappa shape index (κ1) is 15.0. The molecule has 0 aromatic carbocycles. The van der Waals surface area contributed by atoms with Crippen molar-refractivity contribution in [1.29, 1.82) is 5.26 Å². The molecule has 0 bridgehead atoms. The molecule has 0 spiro atoms. The summed E-state index contributed by atoms with van der Waals surface area (Å²) in [5.74, 6) is 0. The van der Waals surface area contributed by atoms with Gasteiger partial charge in [-0.1, -0.05) is 6.07 Å². The fraction of sp³-hybridized carbons (Fsp3) is 0.500. The van der Waals surface area contributed by atoms with Crippen LogP contribution in [0.15, 0.2) is 24.5 Å². The Labute approximate surface area is 114 Å². The average Bonchev–Trinajstić information content (AvgIpc) is 2.45. The molecule has 1 aromatic rings. The number of nitrogens with zero attached hydrogens (tertiary/aromatic N) is 4. The van der Waals surface area contributed by atoms with Crippen molar-refractivity contribution >= 4 is 6.03 Å². The van der Waals surface area contributed by atoms with Gasteiger partial charge >= 0.3 is 6.03 Å². The Balaban J connectivity index is 2.77. The largest absolute Gasteiger partial charge is 0.325 e. The lowest BCUT2D eigenvalue weighted by Gasteiger charge is -2.28. The summed E-state index contributed by atoms with van der Waals surface area (Å²) in [5.41, 5.74) is 0.973. The summed E-state index contributed by atoms with van der Waals surface area (Å²) < 4.78 is 0. The summed E-state index contributed by atoms with van der Waals surface area (Å²) in [4.78, 5) is 19.8. The third-order valence-electron chi connectivity index (χ3n) is 2.89. The summed E-state index contributed by atoms with van der Waals surface area (Å²) in [5, 5.41) is 8.70. The Kier molecular flexibility index (Phi) is 6.37. The van der Waals surface area contributed by atoms with Crippen LogP contribution in [0.25, 0.3) is 0 Å². The van der Waals surface area contributed by atoms with Gasteiger partial charge in [0.2, 0.25) is 0 Å². The molecule has 1 heterocycles. The van der Waals surface area contributed by atoms with Crippen molar-refractivity contribution in [1.82, 2.24) is 14.8 Å². The molecule has 0 aliphatic rings. The highest BCUT2D eigenvalue weighted by molar-refractivity contribution is 5.74. The van der Waals surface area contributed by atoms with E-state index in [4.69, 9.17) is 5.26 Å². The number of carbonyl (C=O) groups is 1. The van der Waals surface area contributed by atoms with Gasteiger partial charge in [0.05, 0.1) is 12.5 Å². The number of rotatable bonds is 6.